The highest BCUT2D eigenvalue weighted by atomic mass is 32.2. The zero-order valence-electron chi connectivity index (χ0n) is 23.2. The lowest BCUT2D eigenvalue weighted by molar-refractivity contribution is 0.112. The molecular weight excluding hydrogens is 556 g/mol. The number of aldehydes is 1. The van der Waals surface area contributed by atoms with Crippen LogP contribution in [-0.4, -0.2) is 59.4 Å². The van der Waals surface area contributed by atoms with Crippen LogP contribution in [0.3, 0.4) is 0 Å². The summed E-state index contributed by atoms with van der Waals surface area (Å²) >= 11 is 0. The topological polar surface area (TPSA) is 62.6 Å². The number of carbonyl (C=O) groups excluding carboxylic acids is 1. The van der Waals surface area contributed by atoms with E-state index in [1.165, 1.54) is 34.4 Å². The van der Waals surface area contributed by atoms with Gasteiger partial charge >= 0.3 is 0 Å². The number of aromatic nitrogens is 1. The standard InChI is InChI=1S/C33H31F2N3O3S/c1-33(42(40,41)38-22-26(23-39)30-6-2-3-7-31(30)38)16-4-5-29(21-33)36-17-19-37(20-18-36)32(24-8-12-27(34)13-9-24)25-10-14-28(35)15-11-25/h2-15,21-23,32H,16-20H2,1H3. The average Bonchev–Trinajstić information content (AvgIpc) is 3.39. The first kappa shape index (κ1) is 28.1. The van der Waals surface area contributed by atoms with Gasteiger partial charge in [-0.3, -0.25) is 9.69 Å². The largest absolute Gasteiger partial charge is 0.369 e. The van der Waals surface area contributed by atoms with E-state index in [1.807, 2.05) is 18.2 Å². The third-order valence-electron chi connectivity index (χ3n) is 8.37. The van der Waals surface area contributed by atoms with Crippen LogP contribution in [0.15, 0.2) is 103 Å². The zero-order valence-corrected chi connectivity index (χ0v) is 24.0. The van der Waals surface area contributed by atoms with Gasteiger partial charge in [0.1, 0.15) is 16.4 Å². The number of fused-ring (bicyclic) bond motifs is 1. The highest BCUT2D eigenvalue weighted by Gasteiger charge is 2.41. The molecule has 0 saturated carbocycles. The summed E-state index contributed by atoms with van der Waals surface area (Å²) < 4.78 is 55.6. The SMILES string of the molecule is CC1(S(=O)(=O)n2cc(C=O)c3ccccc32)C=C(N2CCN(C(c3ccc(F)cc3)c3ccc(F)cc3)CC2)C=CC1. The lowest BCUT2D eigenvalue weighted by Crippen LogP contribution is -2.48. The van der Waals surface area contributed by atoms with Crippen molar-refractivity contribution in [2.45, 2.75) is 24.1 Å². The van der Waals surface area contributed by atoms with Crippen LogP contribution in [0.4, 0.5) is 8.78 Å². The molecule has 1 saturated heterocycles. The zero-order chi connectivity index (χ0) is 29.5. The summed E-state index contributed by atoms with van der Waals surface area (Å²) in [6.07, 6.45) is 8.08. The lowest BCUT2D eigenvalue weighted by atomic mass is 9.95. The minimum Gasteiger partial charge on any atom is -0.369 e. The molecule has 4 aromatic rings. The van der Waals surface area contributed by atoms with Gasteiger partial charge in [0.2, 0.25) is 10.0 Å². The van der Waals surface area contributed by atoms with Crippen molar-refractivity contribution in [2.75, 3.05) is 26.2 Å². The van der Waals surface area contributed by atoms with Gasteiger partial charge in [-0.2, -0.15) is 0 Å². The second kappa shape index (κ2) is 11.0. The first-order chi connectivity index (χ1) is 20.2. The van der Waals surface area contributed by atoms with Crippen LogP contribution in [-0.2, 0) is 10.0 Å². The van der Waals surface area contributed by atoms with E-state index >= 15 is 0 Å². The maximum absolute atomic E-state index is 14.1. The molecule has 1 aliphatic heterocycles. The van der Waals surface area contributed by atoms with Crippen molar-refractivity contribution in [1.82, 2.24) is 13.8 Å². The number of piperazine rings is 1. The molecule has 1 aromatic heterocycles. The number of benzene rings is 3. The molecule has 216 valence electrons. The third-order valence-corrected chi connectivity index (χ3v) is 10.6. The minimum atomic E-state index is -3.92. The molecule has 6 rings (SSSR count). The summed E-state index contributed by atoms with van der Waals surface area (Å²) in [5, 5.41) is 0.600. The third kappa shape index (κ3) is 4.97. The molecule has 9 heteroatoms. The van der Waals surface area contributed by atoms with E-state index in [0.717, 1.165) is 16.8 Å². The summed E-state index contributed by atoms with van der Waals surface area (Å²) in [6.45, 7) is 4.34. The van der Waals surface area contributed by atoms with Gasteiger partial charge in [-0.25, -0.2) is 21.2 Å². The summed E-state index contributed by atoms with van der Waals surface area (Å²) in [5.74, 6) is -0.628. The maximum atomic E-state index is 14.1. The van der Waals surface area contributed by atoms with Crippen LogP contribution in [0, 0.1) is 11.6 Å². The fourth-order valence-corrected chi connectivity index (χ4v) is 7.74. The number of hydrogen-bond donors (Lipinski definition) is 0. The van der Waals surface area contributed by atoms with E-state index < -0.39 is 14.8 Å². The summed E-state index contributed by atoms with van der Waals surface area (Å²) in [7, 11) is -3.92. The minimum absolute atomic E-state index is 0.177. The Bertz CT molecular complexity index is 1740. The van der Waals surface area contributed by atoms with Crippen LogP contribution in [0.1, 0.15) is 40.9 Å². The molecule has 1 atom stereocenters. The predicted octanol–water partition coefficient (Wildman–Crippen LogP) is 5.92. The Morgan fingerprint density at radius 2 is 1.45 bits per heavy atom. The number of nitrogens with zero attached hydrogens (tertiary/aromatic N) is 3. The number of para-hydroxylation sites is 1. The normalized spacial score (nSPS) is 19.8. The molecule has 0 N–H and O–H groups in total. The van der Waals surface area contributed by atoms with Gasteiger partial charge in [-0.15, -0.1) is 0 Å². The molecule has 1 fully saturated rings. The molecule has 42 heavy (non-hydrogen) atoms. The van der Waals surface area contributed by atoms with Gasteiger partial charge in [-0.1, -0.05) is 48.5 Å². The Labute approximate surface area is 244 Å². The Morgan fingerprint density at radius 1 is 0.857 bits per heavy atom. The number of allylic oxidation sites excluding steroid dienone is 2. The fraction of sp³-hybridized carbons (Fsp3) is 0.242. The second-order valence-electron chi connectivity index (χ2n) is 11.0. The van der Waals surface area contributed by atoms with Crippen LogP contribution in [0.2, 0.25) is 0 Å². The maximum Gasteiger partial charge on any atom is 0.248 e. The first-order valence-electron chi connectivity index (χ1n) is 13.9. The van der Waals surface area contributed by atoms with E-state index in [4.69, 9.17) is 0 Å². The number of hydrogen-bond acceptors (Lipinski definition) is 5. The Hall–Kier alpha value is -4.08. The molecule has 0 amide bonds. The molecule has 0 radical (unpaired) electrons. The quantitative estimate of drug-likeness (QED) is 0.251. The molecule has 1 aliphatic carbocycles. The van der Waals surface area contributed by atoms with Crippen molar-refractivity contribution in [3.63, 3.8) is 0 Å². The van der Waals surface area contributed by atoms with E-state index in [0.29, 0.717) is 55.4 Å². The number of carbonyl (C=O) groups is 1. The van der Waals surface area contributed by atoms with Crippen molar-refractivity contribution in [1.29, 1.82) is 0 Å². The van der Waals surface area contributed by atoms with Crippen LogP contribution in [0.5, 0.6) is 0 Å². The highest BCUT2D eigenvalue weighted by Crippen LogP contribution is 2.36. The summed E-state index contributed by atoms with van der Waals surface area (Å²) in [4.78, 5) is 16.1. The fourth-order valence-electron chi connectivity index (χ4n) is 6.05. The summed E-state index contributed by atoms with van der Waals surface area (Å²) in [5.41, 5.74) is 3.48. The van der Waals surface area contributed by atoms with Crippen LogP contribution in [0.25, 0.3) is 10.9 Å². The van der Waals surface area contributed by atoms with E-state index in [9.17, 15) is 22.0 Å². The smallest absolute Gasteiger partial charge is 0.248 e. The van der Waals surface area contributed by atoms with Crippen molar-refractivity contribution in [3.05, 3.63) is 131 Å². The summed E-state index contributed by atoms with van der Waals surface area (Å²) in [6, 6.07) is 19.6. The Balaban J connectivity index is 1.26. The van der Waals surface area contributed by atoms with E-state index in [-0.39, 0.29) is 17.7 Å². The number of halogens is 2. The van der Waals surface area contributed by atoms with Crippen LogP contribution >= 0.6 is 0 Å². The van der Waals surface area contributed by atoms with Gasteiger partial charge in [0.25, 0.3) is 0 Å². The second-order valence-corrected chi connectivity index (χ2v) is 13.3. The van der Waals surface area contributed by atoms with Gasteiger partial charge in [0.15, 0.2) is 6.29 Å². The average molecular weight is 588 g/mol. The molecule has 3 aromatic carbocycles. The predicted molar refractivity (Wildman–Crippen MR) is 160 cm³/mol. The van der Waals surface area contributed by atoms with Crippen molar-refractivity contribution in [2.24, 2.45) is 0 Å². The first-order valence-corrected chi connectivity index (χ1v) is 15.3. The van der Waals surface area contributed by atoms with Gasteiger partial charge in [0, 0.05) is 49.0 Å². The molecule has 0 bridgehead atoms. The van der Waals surface area contributed by atoms with Crippen molar-refractivity contribution < 1.29 is 22.0 Å². The monoisotopic (exact) mass is 587 g/mol. The molecule has 2 aliphatic rings. The van der Waals surface area contributed by atoms with Gasteiger partial charge in [0.05, 0.1) is 11.6 Å². The van der Waals surface area contributed by atoms with Gasteiger partial charge < -0.3 is 4.90 Å². The molecule has 6 nitrogen and oxygen atoms in total. The molecular formula is C33H31F2N3O3S. The molecule has 1 unspecified atom stereocenters. The Kier molecular flexibility index (Phi) is 7.32. The molecule has 2 heterocycles. The van der Waals surface area contributed by atoms with Crippen molar-refractivity contribution >= 4 is 27.2 Å². The van der Waals surface area contributed by atoms with Crippen LogP contribution < -0.4 is 0 Å². The lowest BCUT2D eigenvalue weighted by Gasteiger charge is -2.42. The van der Waals surface area contributed by atoms with Crippen molar-refractivity contribution in [3.8, 4) is 0 Å². The van der Waals surface area contributed by atoms with E-state index in [2.05, 4.69) is 9.80 Å². The van der Waals surface area contributed by atoms with E-state index in [1.54, 1.807) is 55.5 Å². The number of rotatable bonds is 7. The highest BCUT2D eigenvalue weighted by molar-refractivity contribution is 7.91. The Morgan fingerprint density at radius 3 is 2.05 bits per heavy atom. The molecule has 0 spiro atoms. The van der Waals surface area contributed by atoms with Gasteiger partial charge in [-0.05, 0) is 67.0 Å².